The van der Waals surface area contributed by atoms with E-state index in [0.717, 1.165) is 34.8 Å². The van der Waals surface area contributed by atoms with Crippen LogP contribution in [0.3, 0.4) is 0 Å². The molecule has 20 heteroatoms. The molecule has 0 saturated heterocycles. The molecule has 0 unspecified atom stereocenters. The summed E-state index contributed by atoms with van der Waals surface area (Å²) in [5, 5.41) is 0. The number of benzene rings is 2. The van der Waals surface area contributed by atoms with E-state index in [2.05, 4.69) is 0 Å². The highest BCUT2D eigenvalue weighted by Gasteiger charge is 2.80. The van der Waals surface area contributed by atoms with E-state index >= 15 is 26.3 Å². The van der Waals surface area contributed by atoms with E-state index in [-0.39, 0.29) is 80.4 Å². The summed E-state index contributed by atoms with van der Waals surface area (Å²) in [7, 11) is -4.51. The molecule has 2 aromatic carbocycles. The molecule has 5 rings (SSSR count). The largest absolute Gasteiger partial charge is 0.382 e. The van der Waals surface area contributed by atoms with Gasteiger partial charge in [-0.05, 0) is 72.5 Å². The normalized spacial score (nSPS) is 16.2. The lowest BCUT2D eigenvalue weighted by molar-refractivity contribution is -0.254. The van der Waals surface area contributed by atoms with Crippen molar-refractivity contribution in [3.05, 3.63) is 81.5 Å². The fourth-order valence-electron chi connectivity index (χ4n) is 6.33. The maximum Gasteiger partial charge on any atom is 0.380 e. The van der Waals surface area contributed by atoms with Gasteiger partial charge in [0.1, 0.15) is 0 Å². The van der Waals surface area contributed by atoms with E-state index in [1.807, 2.05) is 0 Å². The van der Waals surface area contributed by atoms with Crippen LogP contribution < -0.4 is 0 Å². The first-order valence-corrected chi connectivity index (χ1v) is 23.8. The zero-order valence-electron chi connectivity index (χ0n) is 33.7. The second-order valence-corrected chi connectivity index (χ2v) is 20.5. The Hall–Kier alpha value is -3.18. The summed E-state index contributed by atoms with van der Waals surface area (Å²) in [6, 6.07) is 13.2. The second-order valence-electron chi connectivity index (χ2n) is 13.8. The van der Waals surface area contributed by atoms with Gasteiger partial charge in [0.2, 0.25) is 0 Å². The number of hydrogen-bond donors (Lipinski definition) is 0. The molecule has 0 N–H and O–H groups in total. The molecule has 0 fully saturated rings. The Morgan fingerprint density at radius 2 is 0.803 bits per heavy atom. The van der Waals surface area contributed by atoms with Gasteiger partial charge in [-0.2, -0.15) is 26.3 Å². The SMILES string of the molecule is COCCOCCOCCS(=O)(=O)c1ccc(-c2cc(C3=C(c4cc(-c5ccc(S(=O)(=O)CCOCCOCCOC)cc5)sc4C)C(F)(F)C(F)(F)C3(F)F)c(C)s2)cc1. The minimum Gasteiger partial charge on any atom is -0.382 e. The fraction of sp³-hybridized carbons (Fsp3) is 0.463. The van der Waals surface area contributed by atoms with Gasteiger partial charge >= 0.3 is 17.8 Å². The van der Waals surface area contributed by atoms with Crippen molar-refractivity contribution in [2.24, 2.45) is 0 Å². The Labute approximate surface area is 359 Å². The average Bonchev–Trinajstić information content (AvgIpc) is 3.82. The number of aryl methyl sites for hydroxylation is 2. The molecule has 336 valence electrons. The molecule has 0 amide bonds. The summed E-state index contributed by atoms with van der Waals surface area (Å²) < 4.78 is 177. The van der Waals surface area contributed by atoms with Crippen molar-refractivity contribution in [1.82, 2.24) is 0 Å². The predicted octanol–water partition coefficient (Wildman–Crippen LogP) is 8.50. The molecule has 1 aliphatic carbocycles. The molecule has 2 aromatic heterocycles. The van der Waals surface area contributed by atoms with Gasteiger partial charge in [0.25, 0.3) is 0 Å². The van der Waals surface area contributed by atoms with Crippen LogP contribution in [0, 0.1) is 13.8 Å². The molecule has 10 nitrogen and oxygen atoms in total. The molecule has 0 spiro atoms. The maximum atomic E-state index is 15.9. The zero-order valence-corrected chi connectivity index (χ0v) is 37.0. The summed E-state index contributed by atoms with van der Waals surface area (Å²) in [6.07, 6.45) is 0. The van der Waals surface area contributed by atoms with Gasteiger partial charge in [0.15, 0.2) is 19.7 Å². The van der Waals surface area contributed by atoms with Gasteiger partial charge in [0, 0.05) is 44.9 Å². The van der Waals surface area contributed by atoms with Crippen LogP contribution in [0.5, 0.6) is 0 Å². The van der Waals surface area contributed by atoms with Crippen LogP contribution in [0.15, 0.2) is 70.5 Å². The van der Waals surface area contributed by atoms with E-state index in [1.54, 1.807) is 0 Å². The van der Waals surface area contributed by atoms with Crippen molar-refractivity contribution in [1.29, 1.82) is 0 Å². The molecule has 4 aromatic rings. The summed E-state index contributed by atoms with van der Waals surface area (Å²) in [6.45, 7) is 4.92. The lowest BCUT2D eigenvalue weighted by Crippen LogP contribution is -2.48. The van der Waals surface area contributed by atoms with Gasteiger partial charge in [-0.3, -0.25) is 0 Å². The fourth-order valence-corrected chi connectivity index (χ4v) is 10.6. The second kappa shape index (κ2) is 20.5. The van der Waals surface area contributed by atoms with Crippen LogP contribution in [0.1, 0.15) is 20.9 Å². The Morgan fingerprint density at radius 1 is 0.492 bits per heavy atom. The first-order chi connectivity index (χ1) is 28.8. The van der Waals surface area contributed by atoms with Crippen molar-refractivity contribution >= 4 is 53.5 Å². The Morgan fingerprint density at radius 3 is 1.13 bits per heavy atom. The molecule has 0 bridgehead atoms. The van der Waals surface area contributed by atoms with Crippen LogP contribution in [-0.2, 0) is 48.1 Å². The molecule has 61 heavy (non-hydrogen) atoms. The quantitative estimate of drug-likeness (QED) is 0.0499. The van der Waals surface area contributed by atoms with Crippen LogP contribution in [0.2, 0.25) is 0 Å². The lowest BCUT2D eigenvalue weighted by Gasteiger charge is -2.25. The van der Waals surface area contributed by atoms with Crippen molar-refractivity contribution in [3.8, 4) is 20.9 Å². The predicted molar refractivity (Wildman–Crippen MR) is 222 cm³/mol. The number of alkyl halides is 6. The molecule has 0 atom stereocenters. The average molecular weight is 941 g/mol. The van der Waals surface area contributed by atoms with E-state index in [4.69, 9.17) is 28.4 Å². The molecule has 1 aliphatic rings. The monoisotopic (exact) mass is 940 g/mol. The molecule has 0 aliphatic heterocycles. The highest BCUT2D eigenvalue weighted by molar-refractivity contribution is 7.91. The topological polar surface area (TPSA) is 124 Å². The Bertz CT molecular complexity index is 2180. The molecule has 0 saturated carbocycles. The van der Waals surface area contributed by atoms with E-state index in [0.29, 0.717) is 37.6 Å². The van der Waals surface area contributed by atoms with Gasteiger partial charge in [0.05, 0.1) is 87.4 Å². The molecular weight excluding hydrogens is 895 g/mol. The minimum atomic E-state index is -5.79. The molecule has 2 heterocycles. The summed E-state index contributed by atoms with van der Waals surface area (Å²) in [4.78, 5) is 0.536. The zero-order chi connectivity index (χ0) is 44.6. The summed E-state index contributed by atoms with van der Waals surface area (Å²) in [5.41, 5.74) is -3.32. The Balaban J connectivity index is 1.37. The van der Waals surface area contributed by atoms with Crippen molar-refractivity contribution in [2.75, 3.05) is 91.8 Å². The van der Waals surface area contributed by atoms with E-state index in [1.165, 1.54) is 76.6 Å². The molecule has 0 radical (unpaired) electrons. The van der Waals surface area contributed by atoms with E-state index < -0.39 is 59.7 Å². The number of thiophene rings is 2. The van der Waals surface area contributed by atoms with Crippen LogP contribution in [0.4, 0.5) is 26.3 Å². The highest BCUT2D eigenvalue weighted by Crippen LogP contribution is 2.66. The van der Waals surface area contributed by atoms with Gasteiger partial charge in [-0.15, -0.1) is 22.7 Å². The third-order valence-corrected chi connectivity index (χ3v) is 15.2. The van der Waals surface area contributed by atoms with Crippen LogP contribution >= 0.6 is 22.7 Å². The minimum absolute atomic E-state index is 0.0440. The summed E-state index contributed by atoms with van der Waals surface area (Å²) >= 11 is 1.80. The van der Waals surface area contributed by atoms with Crippen molar-refractivity contribution in [3.63, 3.8) is 0 Å². The first kappa shape index (κ1) is 48.8. The van der Waals surface area contributed by atoms with Gasteiger partial charge in [-0.1, -0.05) is 24.3 Å². The number of methoxy groups -OCH3 is 2. The number of rotatable bonds is 24. The molecular formula is C41H46F6O10S4. The lowest BCUT2D eigenvalue weighted by atomic mass is 9.94. The standard InChI is InChI=1S/C41H46F6O10S4/c1-27-33(25-35(58-27)29-5-9-31(10-6-29)60(48,49)23-21-56-19-17-54-15-13-52-3)37-38(40(44,45)41(46,47)39(37,42)43)34-26-36(59-28(34)2)30-7-11-32(12-8-30)61(50,51)24-22-57-20-18-55-16-14-53-4/h5-12,25-26H,13-24H2,1-4H3. The van der Waals surface area contributed by atoms with Crippen LogP contribution in [0.25, 0.3) is 32.0 Å². The van der Waals surface area contributed by atoms with Gasteiger partial charge in [-0.25, -0.2) is 16.8 Å². The maximum absolute atomic E-state index is 15.9. The van der Waals surface area contributed by atoms with Gasteiger partial charge < -0.3 is 28.4 Å². The number of halogens is 6. The van der Waals surface area contributed by atoms with Crippen LogP contribution in [-0.4, -0.2) is 126 Å². The highest BCUT2D eigenvalue weighted by atomic mass is 32.2. The summed E-state index contributed by atoms with van der Waals surface area (Å²) in [5.74, 6) is -17.0. The van der Waals surface area contributed by atoms with Crippen molar-refractivity contribution in [2.45, 2.75) is 41.4 Å². The smallest absolute Gasteiger partial charge is 0.380 e. The number of ether oxygens (including phenoxy) is 6. The number of hydrogen-bond acceptors (Lipinski definition) is 12. The third kappa shape index (κ3) is 11.0. The third-order valence-electron chi connectivity index (χ3n) is 9.64. The van der Waals surface area contributed by atoms with E-state index in [9.17, 15) is 16.8 Å². The number of allylic oxidation sites excluding steroid dienone is 2. The first-order valence-electron chi connectivity index (χ1n) is 18.9. The van der Waals surface area contributed by atoms with Crippen molar-refractivity contribution < 1.29 is 71.6 Å². The number of sulfone groups is 2. The Kier molecular flexibility index (Phi) is 16.5.